The molecular formula is C18H12ClF4N3O2. The molecule has 0 bridgehead atoms. The fraction of sp³-hybridized carbons (Fsp3) is 0.111. The number of amides is 1. The summed E-state index contributed by atoms with van der Waals surface area (Å²) in [6.45, 7) is 1.41. The molecule has 3 aromatic rings. The Morgan fingerprint density at radius 2 is 1.86 bits per heavy atom. The van der Waals surface area contributed by atoms with Gasteiger partial charge in [-0.15, -0.1) is 0 Å². The Bertz CT molecular complexity index is 1010. The second kappa shape index (κ2) is 7.51. The Labute approximate surface area is 161 Å². The quantitative estimate of drug-likeness (QED) is 0.454. The Morgan fingerprint density at radius 1 is 1.14 bits per heavy atom. The lowest BCUT2D eigenvalue weighted by atomic mass is 10.1. The number of hydrogen-bond acceptors (Lipinski definition) is 4. The average Bonchev–Trinajstić information content (AvgIpc) is 3.00. The molecule has 0 radical (unpaired) electrons. The summed E-state index contributed by atoms with van der Waals surface area (Å²) in [4.78, 5) is 12.6. The van der Waals surface area contributed by atoms with E-state index >= 15 is 0 Å². The van der Waals surface area contributed by atoms with Gasteiger partial charge in [0.2, 0.25) is 0 Å². The van der Waals surface area contributed by atoms with Crippen LogP contribution in [0.1, 0.15) is 21.7 Å². The van der Waals surface area contributed by atoms with Gasteiger partial charge < -0.3 is 4.52 Å². The number of aryl methyl sites for hydroxylation is 1. The highest BCUT2D eigenvalue weighted by molar-refractivity contribution is 6.33. The van der Waals surface area contributed by atoms with Gasteiger partial charge in [0, 0.05) is 0 Å². The van der Waals surface area contributed by atoms with Crippen LogP contribution in [0.2, 0.25) is 5.02 Å². The van der Waals surface area contributed by atoms with Crippen LogP contribution in [0.4, 0.5) is 23.2 Å². The number of carbonyl (C=O) groups is 1. The average molecular weight is 414 g/mol. The Balaban J connectivity index is 1.91. The number of para-hydroxylation sites is 1. The maximum Gasteiger partial charge on any atom is 0.418 e. The number of hydrogen-bond donors (Lipinski definition) is 2. The highest BCUT2D eigenvalue weighted by Crippen LogP contribution is 2.35. The molecule has 1 heterocycles. The fourth-order valence-electron chi connectivity index (χ4n) is 2.56. The Morgan fingerprint density at radius 3 is 2.54 bits per heavy atom. The van der Waals surface area contributed by atoms with E-state index < -0.39 is 23.5 Å². The third-order valence-electron chi connectivity index (χ3n) is 3.83. The summed E-state index contributed by atoms with van der Waals surface area (Å²) < 4.78 is 58.3. The van der Waals surface area contributed by atoms with Crippen molar-refractivity contribution in [2.45, 2.75) is 13.1 Å². The Hall–Kier alpha value is -3.07. The lowest BCUT2D eigenvalue weighted by Gasteiger charge is -2.15. The van der Waals surface area contributed by atoms with Gasteiger partial charge in [0.15, 0.2) is 0 Å². The van der Waals surface area contributed by atoms with Gasteiger partial charge in [-0.1, -0.05) is 35.0 Å². The van der Waals surface area contributed by atoms with Gasteiger partial charge in [-0.2, -0.15) is 13.2 Å². The number of carbonyl (C=O) groups excluding carboxylic acids is 1. The first-order chi connectivity index (χ1) is 13.2. The van der Waals surface area contributed by atoms with E-state index in [1.807, 2.05) is 0 Å². The molecule has 1 aromatic heterocycles. The molecule has 2 N–H and O–H groups in total. The fourth-order valence-corrected chi connectivity index (χ4v) is 2.81. The molecule has 28 heavy (non-hydrogen) atoms. The molecule has 0 saturated heterocycles. The molecule has 0 saturated carbocycles. The number of benzene rings is 2. The van der Waals surface area contributed by atoms with Crippen molar-refractivity contribution in [3.8, 4) is 11.3 Å². The molecule has 0 atom stereocenters. The van der Waals surface area contributed by atoms with Crippen molar-refractivity contribution in [1.29, 1.82) is 0 Å². The Kier molecular flexibility index (Phi) is 5.28. The first-order valence-electron chi connectivity index (χ1n) is 7.83. The van der Waals surface area contributed by atoms with E-state index in [1.165, 1.54) is 31.2 Å². The molecule has 5 nitrogen and oxygen atoms in total. The van der Waals surface area contributed by atoms with Gasteiger partial charge in [0.25, 0.3) is 5.91 Å². The van der Waals surface area contributed by atoms with E-state index in [9.17, 15) is 22.4 Å². The molecular weight excluding hydrogens is 402 g/mol. The van der Waals surface area contributed by atoms with Crippen molar-refractivity contribution in [3.63, 3.8) is 0 Å². The molecule has 0 unspecified atom stereocenters. The van der Waals surface area contributed by atoms with Crippen molar-refractivity contribution in [1.82, 2.24) is 10.6 Å². The highest BCUT2D eigenvalue weighted by Gasteiger charge is 2.33. The van der Waals surface area contributed by atoms with E-state index in [1.54, 1.807) is 0 Å². The van der Waals surface area contributed by atoms with Gasteiger partial charge >= 0.3 is 6.18 Å². The van der Waals surface area contributed by atoms with E-state index in [2.05, 4.69) is 16.0 Å². The van der Waals surface area contributed by atoms with Crippen LogP contribution in [0.25, 0.3) is 11.3 Å². The van der Waals surface area contributed by atoms with E-state index in [0.29, 0.717) is 0 Å². The second-order valence-corrected chi connectivity index (χ2v) is 6.09. The van der Waals surface area contributed by atoms with Crippen molar-refractivity contribution >= 4 is 23.2 Å². The van der Waals surface area contributed by atoms with E-state index in [4.69, 9.17) is 16.1 Å². The first-order valence-corrected chi connectivity index (χ1v) is 8.21. The number of rotatable bonds is 4. The minimum Gasteiger partial charge on any atom is -0.360 e. The van der Waals surface area contributed by atoms with Crippen molar-refractivity contribution in [2.24, 2.45) is 0 Å². The molecule has 146 valence electrons. The van der Waals surface area contributed by atoms with Crippen LogP contribution in [0.3, 0.4) is 0 Å². The van der Waals surface area contributed by atoms with Crippen LogP contribution in [-0.4, -0.2) is 11.1 Å². The monoisotopic (exact) mass is 413 g/mol. The van der Waals surface area contributed by atoms with Crippen LogP contribution < -0.4 is 10.9 Å². The molecule has 0 aliphatic heterocycles. The van der Waals surface area contributed by atoms with Crippen LogP contribution in [-0.2, 0) is 6.18 Å². The van der Waals surface area contributed by atoms with E-state index in [0.717, 1.165) is 18.2 Å². The van der Waals surface area contributed by atoms with Crippen LogP contribution in [0.15, 0.2) is 47.0 Å². The molecule has 0 aliphatic carbocycles. The molecule has 0 aliphatic rings. The highest BCUT2D eigenvalue weighted by atomic mass is 35.5. The number of nitrogens with one attached hydrogen (secondary N) is 2. The summed E-state index contributed by atoms with van der Waals surface area (Å²) in [6.07, 6.45) is -4.62. The summed E-state index contributed by atoms with van der Waals surface area (Å²) in [5, 5.41) is 3.67. The van der Waals surface area contributed by atoms with Crippen molar-refractivity contribution < 1.29 is 26.9 Å². The zero-order valence-electron chi connectivity index (χ0n) is 14.2. The van der Waals surface area contributed by atoms with Gasteiger partial charge in [-0.25, -0.2) is 4.39 Å². The third kappa shape index (κ3) is 3.79. The van der Waals surface area contributed by atoms with E-state index in [-0.39, 0.29) is 33.3 Å². The van der Waals surface area contributed by atoms with Gasteiger partial charge in [-0.05, 0) is 31.2 Å². The van der Waals surface area contributed by atoms with Gasteiger partial charge in [-0.3, -0.25) is 15.6 Å². The second-order valence-electron chi connectivity index (χ2n) is 5.68. The smallest absolute Gasteiger partial charge is 0.360 e. The van der Waals surface area contributed by atoms with Crippen LogP contribution >= 0.6 is 11.6 Å². The molecule has 10 heteroatoms. The predicted octanol–water partition coefficient (Wildman–Crippen LogP) is 5.22. The van der Waals surface area contributed by atoms with Crippen LogP contribution in [0.5, 0.6) is 0 Å². The largest absolute Gasteiger partial charge is 0.418 e. The van der Waals surface area contributed by atoms with Crippen molar-refractivity contribution in [3.05, 3.63) is 70.2 Å². The lowest BCUT2D eigenvalue weighted by Crippen LogP contribution is -2.31. The molecule has 3 rings (SSSR count). The number of anilines is 1. The molecule has 0 spiro atoms. The number of nitrogens with zero attached hydrogens (tertiary/aromatic N) is 1. The molecule has 2 aromatic carbocycles. The normalized spacial score (nSPS) is 11.4. The summed E-state index contributed by atoms with van der Waals surface area (Å²) in [5.41, 5.74) is 2.58. The zero-order chi connectivity index (χ0) is 20.5. The number of aromatic nitrogens is 1. The first kappa shape index (κ1) is 19.7. The number of hydrazine groups is 1. The molecule has 1 amide bonds. The third-order valence-corrected chi connectivity index (χ3v) is 4.15. The maximum absolute atomic E-state index is 14.2. The summed E-state index contributed by atoms with van der Waals surface area (Å²) in [7, 11) is 0. The zero-order valence-corrected chi connectivity index (χ0v) is 15.0. The molecule has 0 fully saturated rings. The SMILES string of the molecule is Cc1onc(-c2c(F)cccc2Cl)c1C(=O)NNc1ccccc1C(F)(F)F. The number of alkyl halides is 3. The lowest BCUT2D eigenvalue weighted by molar-refractivity contribution is -0.137. The van der Waals surface area contributed by atoms with Gasteiger partial charge in [0.1, 0.15) is 22.8 Å². The topological polar surface area (TPSA) is 67.2 Å². The van der Waals surface area contributed by atoms with Gasteiger partial charge in [0.05, 0.1) is 21.8 Å². The maximum atomic E-state index is 14.2. The predicted molar refractivity (Wildman–Crippen MR) is 94.2 cm³/mol. The summed E-state index contributed by atoms with van der Waals surface area (Å²) in [5.74, 6) is -1.56. The minimum atomic E-state index is -4.62. The summed E-state index contributed by atoms with van der Waals surface area (Å²) in [6, 6.07) is 8.52. The van der Waals surface area contributed by atoms with Crippen LogP contribution in [0, 0.1) is 12.7 Å². The van der Waals surface area contributed by atoms with Crippen molar-refractivity contribution in [2.75, 3.05) is 5.43 Å². The number of halogens is 5. The standard InChI is InChI=1S/C18H12ClF4N3O2/c1-9-14(16(26-28-9)15-11(19)6-4-7-12(15)20)17(27)25-24-13-8-3-2-5-10(13)18(21,22)23/h2-8,24H,1H3,(H,25,27). The summed E-state index contributed by atoms with van der Waals surface area (Å²) >= 11 is 6.00. The minimum absolute atomic E-state index is 0.00211.